The van der Waals surface area contributed by atoms with Crippen LogP contribution in [0.15, 0.2) is 52.5 Å². The van der Waals surface area contributed by atoms with Crippen molar-refractivity contribution in [3.05, 3.63) is 58.5 Å². The van der Waals surface area contributed by atoms with Crippen LogP contribution < -0.4 is 10.9 Å². The fraction of sp³-hybridized carbons (Fsp3) is 0.300. The molecule has 0 fully saturated rings. The van der Waals surface area contributed by atoms with Gasteiger partial charge in [-0.3, -0.25) is 9.59 Å². The van der Waals surface area contributed by atoms with Gasteiger partial charge in [0.2, 0.25) is 5.91 Å². The Labute approximate surface area is 162 Å². The van der Waals surface area contributed by atoms with Gasteiger partial charge >= 0.3 is 0 Å². The number of nitrogens with one attached hydrogen (secondary N) is 1. The lowest BCUT2D eigenvalue weighted by Gasteiger charge is -2.17. The molecule has 0 aliphatic rings. The van der Waals surface area contributed by atoms with Gasteiger partial charge in [0, 0.05) is 12.2 Å². The number of carbonyl (C=O) groups excluding carboxylic acids is 1. The van der Waals surface area contributed by atoms with Gasteiger partial charge in [0.1, 0.15) is 5.82 Å². The van der Waals surface area contributed by atoms with E-state index in [9.17, 15) is 9.59 Å². The number of pyridine rings is 1. The van der Waals surface area contributed by atoms with E-state index in [0.29, 0.717) is 21.9 Å². The Morgan fingerprint density at radius 1 is 1.15 bits per heavy atom. The Kier molecular flexibility index (Phi) is 5.60. The van der Waals surface area contributed by atoms with Gasteiger partial charge in [0.05, 0.1) is 16.2 Å². The normalized spacial score (nSPS) is 12.3. The van der Waals surface area contributed by atoms with Crippen LogP contribution in [0.2, 0.25) is 0 Å². The Morgan fingerprint density at radius 3 is 2.56 bits per heavy atom. The second kappa shape index (κ2) is 7.92. The van der Waals surface area contributed by atoms with Crippen LogP contribution in [-0.2, 0) is 4.79 Å². The lowest BCUT2D eigenvalue weighted by molar-refractivity contribution is -0.120. The second-order valence-electron chi connectivity index (χ2n) is 6.67. The highest BCUT2D eigenvalue weighted by Gasteiger charge is 2.21. The Morgan fingerprint density at radius 2 is 1.89 bits per heavy atom. The zero-order chi connectivity index (χ0) is 19.6. The number of nitrogens with zero attached hydrogens (tertiary/aromatic N) is 3. The van der Waals surface area contributed by atoms with Crippen LogP contribution in [0.5, 0.6) is 0 Å². The molecule has 1 unspecified atom stereocenters. The van der Waals surface area contributed by atoms with Crippen molar-refractivity contribution >= 4 is 28.6 Å². The molecule has 0 saturated heterocycles. The number of thioether (sulfide) groups is 1. The van der Waals surface area contributed by atoms with E-state index >= 15 is 0 Å². The van der Waals surface area contributed by atoms with Crippen LogP contribution in [-0.4, -0.2) is 31.7 Å². The van der Waals surface area contributed by atoms with Gasteiger partial charge in [-0.25, -0.2) is 14.5 Å². The quantitative estimate of drug-likeness (QED) is 0.542. The van der Waals surface area contributed by atoms with E-state index < -0.39 is 5.25 Å². The van der Waals surface area contributed by atoms with Crippen molar-refractivity contribution in [2.24, 2.45) is 0 Å². The van der Waals surface area contributed by atoms with Crippen LogP contribution in [0.4, 0.5) is 0 Å². The smallest absolute Gasteiger partial charge is 0.267 e. The van der Waals surface area contributed by atoms with Gasteiger partial charge in [-0.1, -0.05) is 30.0 Å². The molecular weight excluding hydrogens is 360 g/mol. The largest absolute Gasteiger partial charge is 0.353 e. The molecule has 7 heteroatoms. The topological polar surface area (TPSA) is 76.9 Å². The van der Waals surface area contributed by atoms with E-state index in [2.05, 4.69) is 15.3 Å². The fourth-order valence-corrected chi connectivity index (χ4v) is 3.52. The van der Waals surface area contributed by atoms with Crippen molar-refractivity contribution in [2.75, 3.05) is 0 Å². The maximum absolute atomic E-state index is 13.1. The summed E-state index contributed by atoms with van der Waals surface area (Å²) in [6, 6.07) is 10.9. The molecule has 0 radical (unpaired) electrons. The summed E-state index contributed by atoms with van der Waals surface area (Å²) in [5.74, 6) is 0.392. The van der Waals surface area contributed by atoms with E-state index in [-0.39, 0.29) is 17.5 Å². The first-order chi connectivity index (χ1) is 12.9. The molecule has 2 aromatic heterocycles. The predicted molar refractivity (Wildman–Crippen MR) is 108 cm³/mol. The average molecular weight is 382 g/mol. The zero-order valence-electron chi connectivity index (χ0n) is 15.8. The van der Waals surface area contributed by atoms with Gasteiger partial charge in [-0.05, 0) is 51.5 Å². The van der Waals surface area contributed by atoms with Crippen LogP contribution >= 0.6 is 11.8 Å². The number of hydrogen-bond acceptors (Lipinski definition) is 5. The monoisotopic (exact) mass is 382 g/mol. The molecule has 140 valence electrons. The van der Waals surface area contributed by atoms with Crippen molar-refractivity contribution in [2.45, 2.75) is 44.1 Å². The Hall–Kier alpha value is -2.67. The Bertz CT molecular complexity index is 1030. The molecule has 0 spiro atoms. The number of fused-ring (bicyclic) bond motifs is 1. The van der Waals surface area contributed by atoms with E-state index in [1.165, 1.54) is 16.3 Å². The number of aromatic nitrogens is 3. The maximum Gasteiger partial charge on any atom is 0.267 e. The average Bonchev–Trinajstić information content (AvgIpc) is 2.62. The fourth-order valence-electron chi connectivity index (χ4n) is 2.60. The van der Waals surface area contributed by atoms with Crippen LogP contribution in [0.1, 0.15) is 26.3 Å². The molecule has 0 bridgehead atoms. The third-order valence-electron chi connectivity index (χ3n) is 3.95. The molecule has 27 heavy (non-hydrogen) atoms. The van der Waals surface area contributed by atoms with E-state index in [1.807, 2.05) is 39.0 Å². The molecule has 2 heterocycles. The summed E-state index contributed by atoms with van der Waals surface area (Å²) in [6.07, 6.45) is 1.71. The molecule has 1 N–H and O–H groups in total. The van der Waals surface area contributed by atoms with Gasteiger partial charge in [0.25, 0.3) is 5.56 Å². The summed E-state index contributed by atoms with van der Waals surface area (Å²) in [4.78, 5) is 34.5. The summed E-state index contributed by atoms with van der Waals surface area (Å²) in [6.45, 7) is 7.56. The van der Waals surface area contributed by atoms with Crippen molar-refractivity contribution < 1.29 is 4.79 Å². The number of carbonyl (C=O) groups is 1. The molecule has 1 amide bonds. The highest BCUT2D eigenvalue weighted by atomic mass is 32.2. The minimum atomic E-state index is -0.405. The van der Waals surface area contributed by atoms with Gasteiger partial charge < -0.3 is 5.32 Å². The first kappa shape index (κ1) is 19.1. The van der Waals surface area contributed by atoms with Crippen molar-refractivity contribution in [3.8, 4) is 5.82 Å². The molecule has 3 aromatic rings. The number of para-hydroxylation sites is 1. The van der Waals surface area contributed by atoms with Crippen molar-refractivity contribution in [3.63, 3.8) is 0 Å². The minimum absolute atomic E-state index is 0.0473. The summed E-state index contributed by atoms with van der Waals surface area (Å²) in [7, 11) is 0. The highest BCUT2D eigenvalue weighted by Crippen LogP contribution is 2.24. The lowest BCUT2D eigenvalue weighted by Crippen LogP contribution is -2.36. The number of amides is 1. The van der Waals surface area contributed by atoms with Crippen molar-refractivity contribution in [1.29, 1.82) is 0 Å². The zero-order valence-corrected chi connectivity index (χ0v) is 16.6. The first-order valence-corrected chi connectivity index (χ1v) is 9.66. The standard InChI is InChI=1S/C20H22N4O2S/c1-12(2)22-18(25)14(4)27-20-23-16-8-6-5-7-15(16)19(26)24(20)17-10-9-13(3)11-21-17/h5-12,14H,1-4H3,(H,22,25). The predicted octanol–water partition coefficient (Wildman–Crippen LogP) is 3.09. The molecule has 6 nitrogen and oxygen atoms in total. The minimum Gasteiger partial charge on any atom is -0.353 e. The third-order valence-corrected chi connectivity index (χ3v) is 5.00. The second-order valence-corrected chi connectivity index (χ2v) is 7.98. The Balaban J connectivity index is 2.12. The number of rotatable bonds is 5. The number of hydrogen-bond donors (Lipinski definition) is 1. The number of benzene rings is 1. The number of aryl methyl sites for hydroxylation is 1. The van der Waals surface area contributed by atoms with Crippen molar-refractivity contribution in [1.82, 2.24) is 19.9 Å². The summed E-state index contributed by atoms with van der Waals surface area (Å²) in [5, 5.41) is 3.45. The molecular formula is C20H22N4O2S. The van der Waals surface area contributed by atoms with Crippen LogP contribution in [0.3, 0.4) is 0 Å². The highest BCUT2D eigenvalue weighted by molar-refractivity contribution is 8.00. The van der Waals surface area contributed by atoms with E-state index in [4.69, 9.17) is 0 Å². The SMILES string of the molecule is Cc1ccc(-n2c(SC(C)C(=O)NC(C)C)nc3ccccc3c2=O)nc1. The molecule has 3 rings (SSSR count). The van der Waals surface area contributed by atoms with Crippen LogP contribution in [0.25, 0.3) is 16.7 Å². The molecule has 0 aliphatic carbocycles. The summed E-state index contributed by atoms with van der Waals surface area (Å²) < 4.78 is 1.48. The molecule has 1 atom stereocenters. The van der Waals surface area contributed by atoms with Gasteiger partial charge in [-0.2, -0.15) is 0 Å². The molecule has 1 aromatic carbocycles. The lowest BCUT2D eigenvalue weighted by atomic mass is 10.2. The summed E-state index contributed by atoms with van der Waals surface area (Å²) in [5.41, 5.74) is 1.40. The first-order valence-electron chi connectivity index (χ1n) is 8.78. The van der Waals surface area contributed by atoms with Gasteiger partial charge in [0.15, 0.2) is 5.16 Å². The van der Waals surface area contributed by atoms with E-state index in [1.54, 1.807) is 31.3 Å². The molecule has 0 saturated carbocycles. The summed E-state index contributed by atoms with van der Waals surface area (Å²) >= 11 is 1.25. The van der Waals surface area contributed by atoms with Gasteiger partial charge in [-0.15, -0.1) is 0 Å². The maximum atomic E-state index is 13.1. The molecule has 0 aliphatic heterocycles. The van der Waals surface area contributed by atoms with E-state index in [0.717, 1.165) is 5.56 Å². The van der Waals surface area contributed by atoms with Crippen LogP contribution in [0, 0.1) is 6.92 Å². The third kappa shape index (κ3) is 4.19.